The van der Waals surface area contributed by atoms with Gasteiger partial charge in [-0.15, -0.1) is 0 Å². The summed E-state index contributed by atoms with van der Waals surface area (Å²) in [5, 5.41) is 0. The zero-order valence-corrected chi connectivity index (χ0v) is 10.4. The Kier molecular flexibility index (Phi) is 3.55. The van der Waals surface area contributed by atoms with Crippen LogP contribution in [0.25, 0.3) is 5.82 Å². The van der Waals surface area contributed by atoms with E-state index in [1.54, 1.807) is 6.20 Å². The number of pyridine rings is 1. The van der Waals surface area contributed by atoms with E-state index in [1.165, 1.54) is 0 Å². The summed E-state index contributed by atoms with van der Waals surface area (Å²) in [6, 6.07) is 5.78. The van der Waals surface area contributed by atoms with Crippen LogP contribution in [0.1, 0.15) is 11.4 Å². The first-order valence-corrected chi connectivity index (χ1v) is 4.14. The molecule has 0 unspecified atom stereocenters. The van der Waals surface area contributed by atoms with Gasteiger partial charge < -0.3 is 9.55 Å². The van der Waals surface area contributed by atoms with Crippen LogP contribution in [0.5, 0.6) is 0 Å². The van der Waals surface area contributed by atoms with Crippen LogP contribution in [0, 0.1) is 20.2 Å². The molecule has 4 heteroatoms. The number of aromatic nitrogens is 3. The summed E-state index contributed by atoms with van der Waals surface area (Å²) >= 11 is 0. The van der Waals surface area contributed by atoms with E-state index in [9.17, 15) is 0 Å². The normalized spacial score (nSPS) is 9.57. The molecule has 1 radical (unpaired) electrons. The molecular formula is C10H10IrN3-. The first-order valence-electron chi connectivity index (χ1n) is 4.14. The van der Waals surface area contributed by atoms with E-state index >= 15 is 0 Å². The van der Waals surface area contributed by atoms with Gasteiger partial charge in [-0.1, -0.05) is 37.4 Å². The van der Waals surface area contributed by atoms with Gasteiger partial charge in [0.1, 0.15) is 0 Å². The van der Waals surface area contributed by atoms with Crippen LogP contribution in [0.15, 0.2) is 24.4 Å². The summed E-state index contributed by atoms with van der Waals surface area (Å²) in [5.41, 5.74) is 2.07. The summed E-state index contributed by atoms with van der Waals surface area (Å²) in [4.78, 5) is 8.31. The van der Waals surface area contributed by atoms with Gasteiger partial charge in [0.2, 0.25) is 0 Å². The molecule has 3 nitrogen and oxygen atoms in total. The minimum Gasteiger partial charge on any atom is -0.415 e. The van der Waals surface area contributed by atoms with Crippen molar-refractivity contribution in [3.63, 3.8) is 0 Å². The van der Waals surface area contributed by atoms with Crippen molar-refractivity contribution in [1.29, 1.82) is 0 Å². The molecule has 0 saturated heterocycles. The van der Waals surface area contributed by atoms with E-state index in [0.717, 1.165) is 17.2 Å². The molecule has 0 aliphatic rings. The number of hydrogen-bond acceptors (Lipinski definition) is 2. The standard InChI is InChI=1S/C10H10N3.Ir/c1-8-9(2)13(7-12-8)10-5-3-4-6-11-10;/h3-6H,1-2H3;/q-1;. The first kappa shape index (κ1) is 11.1. The Hall–Kier alpha value is -0.991. The Bertz CT molecular complexity index is 409. The van der Waals surface area contributed by atoms with E-state index < -0.39 is 0 Å². The molecule has 0 fully saturated rings. The second kappa shape index (κ2) is 4.49. The van der Waals surface area contributed by atoms with E-state index in [1.807, 2.05) is 36.6 Å². The fraction of sp³-hybridized carbons (Fsp3) is 0.200. The van der Waals surface area contributed by atoms with Crippen molar-refractivity contribution in [2.45, 2.75) is 13.8 Å². The number of aryl methyl sites for hydroxylation is 1. The van der Waals surface area contributed by atoms with Crippen molar-refractivity contribution in [1.82, 2.24) is 14.5 Å². The van der Waals surface area contributed by atoms with Gasteiger partial charge in [-0.2, -0.15) is 0 Å². The van der Waals surface area contributed by atoms with Crippen molar-refractivity contribution in [2.75, 3.05) is 0 Å². The van der Waals surface area contributed by atoms with E-state index in [0.29, 0.717) is 0 Å². The van der Waals surface area contributed by atoms with Crippen LogP contribution in [-0.2, 0) is 20.1 Å². The molecule has 0 bridgehead atoms. The largest absolute Gasteiger partial charge is 0.415 e. The van der Waals surface area contributed by atoms with Crippen LogP contribution in [0.2, 0.25) is 0 Å². The summed E-state index contributed by atoms with van der Waals surface area (Å²) in [7, 11) is 0. The molecular weight excluding hydrogens is 354 g/mol. The molecule has 75 valence electrons. The minimum absolute atomic E-state index is 0. The van der Waals surface area contributed by atoms with Crippen LogP contribution in [0.3, 0.4) is 0 Å². The van der Waals surface area contributed by atoms with Gasteiger partial charge >= 0.3 is 0 Å². The molecule has 0 spiro atoms. The van der Waals surface area contributed by atoms with Crippen molar-refractivity contribution < 1.29 is 20.1 Å². The van der Waals surface area contributed by atoms with Crippen LogP contribution >= 0.6 is 0 Å². The first-order chi connectivity index (χ1) is 6.29. The Morgan fingerprint density at radius 3 is 2.57 bits per heavy atom. The van der Waals surface area contributed by atoms with Gasteiger partial charge in [-0.3, -0.25) is 4.98 Å². The molecule has 0 N–H and O–H groups in total. The Morgan fingerprint density at radius 1 is 1.29 bits per heavy atom. The summed E-state index contributed by atoms with van der Waals surface area (Å²) < 4.78 is 1.86. The smallest absolute Gasteiger partial charge is 0.0549 e. The van der Waals surface area contributed by atoms with Crippen LogP contribution < -0.4 is 0 Å². The van der Waals surface area contributed by atoms with Crippen molar-refractivity contribution in [3.05, 3.63) is 42.1 Å². The SMILES string of the molecule is Cc1n[c-]n(-c2ccccn2)c1C.[Ir]. The molecule has 0 saturated carbocycles. The second-order valence-corrected chi connectivity index (χ2v) is 2.91. The third-order valence-corrected chi connectivity index (χ3v) is 2.06. The number of rotatable bonds is 1. The molecule has 2 heterocycles. The topological polar surface area (TPSA) is 30.7 Å². The van der Waals surface area contributed by atoms with Gasteiger partial charge in [0.05, 0.1) is 5.82 Å². The Balaban J connectivity index is 0.000000980. The molecule has 2 rings (SSSR count). The van der Waals surface area contributed by atoms with Crippen molar-refractivity contribution in [2.24, 2.45) is 0 Å². The van der Waals surface area contributed by atoms with Crippen molar-refractivity contribution in [3.8, 4) is 5.82 Å². The zero-order chi connectivity index (χ0) is 9.26. The monoisotopic (exact) mass is 365 g/mol. The predicted octanol–water partition coefficient (Wildman–Crippen LogP) is 1.68. The number of imidazole rings is 1. The summed E-state index contributed by atoms with van der Waals surface area (Å²) in [5.74, 6) is 0.862. The summed E-state index contributed by atoms with van der Waals surface area (Å²) in [6.07, 6.45) is 4.66. The molecule has 0 aromatic carbocycles. The Labute approximate surface area is 96.6 Å². The zero-order valence-electron chi connectivity index (χ0n) is 7.98. The molecule has 0 aliphatic heterocycles. The average molecular weight is 364 g/mol. The quantitative estimate of drug-likeness (QED) is 0.721. The number of nitrogens with zero attached hydrogens (tertiary/aromatic N) is 3. The average Bonchev–Trinajstić information content (AvgIpc) is 2.49. The maximum absolute atomic E-state index is 4.21. The van der Waals surface area contributed by atoms with Gasteiger partial charge in [-0.25, -0.2) is 0 Å². The van der Waals surface area contributed by atoms with E-state index in [4.69, 9.17) is 0 Å². The Morgan fingerprint density at radius 2 is 2.07 bits per heavy atom. The van der Waals surface area contributed by atoms with E-state index in [2.05, 4.69) is 16.3 Å². The van der Waals surface area contributed by atoms with Crippen molar-refractivity contribution >= 4 is 0 Å². The molecule has 2 aromatic heterocycles. The summed E-state index contributed by atoms with van der Waals surface area (Å²) in [6.45, 7) is 3.97. The van der Waals surface area contributed by atoms with Crippen LogP contribution in [-0.4, -0.2) is 14.5 Å². The maximum atomic E-state index is 4.21. The molecule has 0 amide bonds. The third-order valence-electron chi connectivity index (χ3n) is 2.06. The predicted molar refractivity (Wildman–Crippen MR) is 49.7 cm³/mol. The van der Waals surface area contributed by atoms with Gasteiger partial charge in [-0.05, 0) is 6.07 Å². The molecule has 14 heavy (non-hydrogen) atoms. The molecule has 0 aliphatic carbocycles. The minimum atomic E-state index is 0. The molecule has 0 atom stereocenters. The molecule has 2 aromatic rings. The van der Waals surface area contributed by atoms with Gasteiger partial charge in [0.25, 0.3) is 0 Å². The van der Waals surface area contributed by atoms with Crippen LogP contribution in [0.4, 0.5) is 0 Å². The number of hydrogen-bond donors (Lipinski definition) is 0. The second-order valence-electron chi connectivity index (χ2n) is 2.91. The van der Waals surface area contributed by atoms with Gasteiger partial charge in [0, 0.05) is 32.6 Å². The third kappa shape index (κ3) is 1.91. The maximum Gasteiger partial charge on any atom is 0.0549 e. The van der Waals surface area contributed by atoms with E-state index in [-0.39, 0.29) is 20.1 Å². The van der Waals surface area contributed by atoms with Gasteiger partial charge in [0.15, 0.2) is 0 Å². The fourth-order valence-electron chi connectivity index (χ4n) is 1.15. The fourth-order valence-corrected chi connectivity index (χ4v) is 1.15.